The number of carbonyl (C=O) groups excluding carboxylic acids is 1. The van der Waals surface area contributed by atoms with E-state index < -0.39 is 5.60 Å². The molecule has 2 unspecified atom stereocenters. The minimum atomic E-state index is -0.489. The van der Waals surface area contributed by atoms with Crippen LogP contribution >= 0.6 is 0 Å². The molecule has 1 aliphatic rings. The fraction of sp³-hybridized carbons (Fsp3) is 0.611. The van der Waals surface area contributed by atoms with Crippen molar-refractivity contribution in [2.24, 2.45) is 5.92 Å². The quantitative estimate of drug-likeness (QED) is 0.923. The first-order chi connectivity index (χ1) is 10.7. The van der Waals surface area contributed by atoms with Crippen LogP contribution < -0.4 is 5.32 Å². The van der Waals surface area contributed by atoms with Crippen LogP contribution in [0.3, 0.4) is 0 Å². The maximum Gasteiger partial charge on any atom is 0.410 e. The standard InChI is InChI=1S/C18H27FN2O2/c1-12-6-7-14(19)10-15(12)16(20-5)13-8-9-21(11-13)17(22)23-18(2,3)4/h6-7,10,13,16,20H,8-9,11H2,1-5H3. The summed E-state index contributed by atoms with van der Waals surface area (Å²) >= 11 is 0. The van der Waals surface area contributed by atoms with Crippen molar-refractivity contribution in [1.82, 2.24) is 10.2 Å². The first kappa shape index (κ1) is 17.7. The molecule has 2 atom stereocenters. The lowest BCUT2D eigenvalue weighted by atomic mass is 9.89. The molecule has 0 saturated carbocycles. The number of halogens is 1. The lowest BCUT2D eigenvalue weighted by Crippen LogP contribution is -2.36. The largest absolute Gasteiger partial charge is 0.444 e. The van der Waals surface area contributed by atoms with Crippen molar-refractivity contribution >= 4 is 6.09 Å². The summed E-state index contributed by atoms with van der Waals surface area (Å²) in [7, 11) is 1.88. The van der Waals surface area contributed by atoms with Gasteiger partial charge in [-0.05, 0) is 70.3 Å². The zero-order valence-corrected chi connectivity index (χ0v) is 14.6. The highest BCUT2D eigenvalue weighted by Gasteiger charge is 2.34. The SMILES string of the molecule is CNC(c1cc(F)ccc1C)C1CCN(C(=O)OC(C)(C)C)C1. The Kier molecular flexibility index (Phi) is 5.30. The number of likely N-dealkylation sites (tertiary alicyclic amines) is 1. The molecule has 4 nitrogen and oxygen atoms in total. The normalized spacial score (nSPS) is 19.7. The van der Waals surface area contributed by atoms with E-state index in [0.29, 0.717) is 13.1 Å². The number of nitrogens with zero attached hydrogens (tertiary/aromatic N) is 1. The highest BCUT2D eigenvalue weighted by atomic mass is 19.1. The Hall–Kier alpha value is -1.62. The monoisotopic (exact) mass is 322 g/mol. The van der Waals surface area contributed by atoms with Gasteiger partial charge in [0.2, 0.25) is 0 Å². The number of carbonyl (C=O) groups is 1. The Labute approximate surface area is 138 Å². The molecule has 1 aromatic rings. The van der Waals surface area contributed by atoms with Crippen LogP contribution in [-0.4, -0.2) is 36.7 Å². The second-order valence-corrected chi connectivity index (χ2v) is 7.24. The minimum absolute atomic E-state index is 0.0261. The second-order valence-electron chi connectivity index (χ2n) is 7.24. The average Bonchev–Trinajstić information content (AvgIpc) is 2.91. The Bertz CT molecular complexity index is 569. The zero-order valence-electron chi connectivity index (χ0n) is 14.6. The van der Waals surface area contributed by atoms with Gasteiger partial charge in [-0.2, -0.15) is 0 Å². The van der Waals surface area contributed by atoms with Gasteiger partial charge in [0.25, 0.3) is 0 Å². The summed E-state index contributed by atoms with van der Waals surface area (Å²) in [6.07, 6.45) is 0.603. The number of hydrogen-bond donors (Lipinski definition) is 1. The van der Waals surface area contributed by atoms with Crippen LogP contribution in [0.25, 0.3) is 0 Å². The molecule has 1 heterocycles. The summed E-state index contributed by atoms with van der Waals surface area (Å²) in [4.78, 5) is 13.9. The highest BCUT2D eigenvalue weighted by molar-refractivity contribution is 5.68. The average molecular weight is 322 g/mol. The van der Waals surface area contributed by atoms with Gasteiger partial charge in [0, 0.05) is 19.1 Å². The molecule has 1 saturated heterocycles. The van der Waals surface area contributed by atoms with Crippen molar-refractivity contribution in [1.29, 1.82) is 0 Å². The molecular formula is C18H27FN2O2. The van der Waals surface area contributed by atoms with E-state index in [1.54, 1.807) is 17.0 Å². The Morgan fingerprint density at radius 2 is 2.13 bits per heavy atom. The summed E-state index contributed by atoms with van der Waals surface area (Å²) in [6.45, 7) is 8.88. The van der Waals surface area contributed by atoms with Crippen LogP contribution in [0.2, 0.25) is 0 Å². The van der Waals surface area contributed by atoms with Gasteiger partial charge in [0.1, 0.15) is 11.4 Å². The van der Waals surface area contributed by atoms with E-state index in [1.165, 1.54) is 6.07 Å². The molecule has 0 spiro atoms. The van der Waals surface area contributed by atoms with Crippen LogP contribution in [0.5, 0.6) is 0 Å². The third-order valence-corrected chi connectivity index (χ3v) is 4.24. The third-order valence-electron chi connectivity index (χ3n) is 4.24. The van der Waals surface area contributed by atoms with E-state index >= 15 is 0 Å². The molecule has 23 heavy (non-hydrogen) atoms. The van der Waals surface area contributed by atoms with Crippen molar-refractivity contribution in [2.45, 2.75) is 45.8 Å². The van der Waals surface area contributed by atoms with Crippen LogP contribution in [-0.2, 0) is 4.74 Å². The van der Waals surface area contributed by atoms with Crippen LogP contribution in [0.15, 0.2) is 18.2 Å². The van der Waals surface area contributed by atoms with Gasteiger partial charge < -0.3 is 15.0 Å². The number of ether oxygens (including phenoxy) is 1. The molecule has 0 radical (unpaired) electrons. The van der Waals surface area contributed by atoms with Crippen molar-refractivity contribution in [3.63, 3.8) is 0 Å². The maximum atomic E-state index is 13.6. The predicted molar refractivity (Wildman–Crippen MR) is 88.9 cm³/mol. The van der Waals surface area contributed by atoms with E-state index in [0.717, 1.165) is 17.5 Å². The number of nitrogens with one attached hydrogen (secondary N) is 1. The lowest BCUT2D eigenvalue weighted by molar-refractivity contribution is 0.0285. The molecule has 1 aromatic carbocycles. The molecule has 1 aliphatic heterocycles. The smallest absolute Gasteiger partial charge is 0.410 e. The zero-order chi connectivity index (χ0) is 17.2. The van der Waals surface area contributed by atoms with Gasteiger partial charge in [-0.3, -0.25) is 0 Å². The number of benzene rings is 1. The van der Waals surface area contributed by atoms with E-state index in [4.69, 9.17) is 4.74 Å². The molecule has 1 amide bonds. The molecule has 1 N–H and O–H groups in total. The number of hydrogen-bond acceptors (Lipinski definition) is 3. The van der Waals surface area contributed by atoms with Crippen LogP contribution in [0.4, 0.5) is 9.18 Å². The first-order valence-corrected chi connectivity index (χ1v) is 8.12. The molecule has 0 aliphatic carbocycles. The van der Waals surface area contributed by atoms with Crippen LogP contribution in [0.1, 0.15) is 44.4 Å². The van der Waals surface area contributed by atoms with Gasteiger partial charge in [-0.25, -0.2) is 9.18 Å². The summed E-state index contributed by atoms with van der Waals surface area (Å²) in [5.41, 5.74) is 1.53. The number of aryl methyl sites for hydroxylation is 1. The van der Waals surface area contributed by atoms with Gasteiger partial charge in [-0.15, -0.1) is 0 Å². The van der Waals surface area contributed by atoms with E-state index in [-0.39, 0.29) is 23.9 Å². The second kappa shape index (κ2) is 6.87. The lowest BCUT2D eigenvalue weighted by Gasteiger charge is -2.27. The third kappa shape index (κ3) is 4.44. The van der Waals surface area contributed by atoms with Gasteiger partial charge >= 0.3 is 6.09 Å². The topological polar surface area (TPSA) is 41.6 Å². The van der Waals surface area contributed by atoms with Crippen molar-refractivity contribution < 1.29 is 13.9 Å². The van der Waals surface area contributed by atoms with Gasteiger partial charge in [0.05, 0.1) is 0 Å². The molecule has 5 heteroatoms. The molecule has 128 valence electrons. The Balaban J connectivity index is 2.10. The Morgan fingerprint density at radius 1 is 1.43 bits per heavy atom. The summed E-state index contributed by atoms with van der Waals surface area (Å²) in [6, 6.07) is 4.90. The van der Waals surface area contributed by atoms with Gasteiger partial charge in [0.15, 0.2) is 0 Å². The molecule has 0 bridgehead atoms. The summed E-state index contributed by atoms with van der Waals surface area (Å²) < 4.78 is 19.0. The van der Waals surface area contributed by atoms with Gasteiger partial charge in [-0.1, -0.05) is 6.07 Å². The molecule has 0 aromatic heterocycles. The van der Waals surface area contributed by atoms with Crippen molar-refractivity contribution in [2.75, 3.05) is 20.1 Å². The van der Waals surface area contributed by atoms with E-state index in [2.05, 4.69) is 5.32 Å². The van der Waals surface area contributed by atoms with Crippen molar-refractivity contribution in [3.05, 3.63) is 35.1 Å². The highest BCUT2D eigenvalue weighted by Crippen LogP contribution is 2.32. The number of amides is 1. The van der Waals surface area contributed by atoms with E-state index in [9.17, 15) is 9.18 Å². The first-order valence-electron chi connectivity index (χ1n) is 8.12. The molecular weight excluding hydrogens is 295 g/mol. The summed E-state index contributed by atoms with van der Waals surface area (Å²) in [5.74, 6) is 0.0147. The maximum absolute atomic E-state index is 13.6. The Morgan fingerprint density at radius 3 is 2.74 bits per heavy atom. The van der Waals surface area contributed by atoms with Crippen LogP contribution in [0, 0.1) is 18.7 Å². The fourth-order valence-electron chi connectivity index (χ4n) is 3.14. The number of rotatable bonds is 3. The minimum Gasteiger partial charge on any atom is -0.444 e. The fourth-order valence-corrected chi connectivity index (χ4v) is 3.14. The molecule has 1 fully saturated rings. The molecule has 2 rings (SSSR count). The summed E-state index contributed by atoms with van der Waals surface area (Å²) in [5, 5.41) is 3.29. The van der Waals surface area contributed by atoms with E-state index in [1.807, 2.05) is 34.7 Å². The predicted octanol–water partition coefficient (Wildman–Crippen LogP) is 3.65. The van der Waals surface area contributed by atoms with Crippen molar-refractivity contribution in [3.8, 4) is 0 Å².